The fraction of sp³-hybridized carbons (Fsp3) is 0. The summed E-state index contributed by atoms with van der Waals surface area (Å²) in [4.78, 5) is 2.42. The van der Waals surface area contributed by atoms with Gasteiger partial charge < -0.3 is 9.32 Å². The monoisotopic (exact) mass is 719 g/mol. The van der Waals surface area contributed by atoms with E-state index < -0.39 is 0 Å². The van der Waals surface area contributed by atoms with Crippen LogP contribution in [0.25, 0.3) is 86.3 Å². The second kappa shape index (κ2) is 12.9. The van der Waals surface area contributed by atoms with Crippen LogP contribution < -0.4 is 4.90 Å². The molecule has 0 saturated carbocycles. The zero-order chi connectivity index (χ0) is 36.3. The molecule has 9 aromatic carbocycles. The summed E-state index contributed by atoms with van der Waals surface area (Å²) in [6, 6.07) is 72.2. The minimum atomic E-state index is 0.870. The van der Waals surface area contributed by atoms with Crippen molar-refractivity contribution in [1.29, 1.82) is 0 Å². The second-order valence-corrected chi connectivity index (χ2v) is 15.1. The summed E-state index contributed by atoms with van der Waals surface area (Å²) in [5.41, 5.74) is 12.2. The van der Waals surface area contributed by atoms with Crippen LogP contribution in [-0.4, -0.2) is 0 Å². The van der Waals surface area contributed by atoms with Crippen molar-refractivity contribution >= 4 is 81.3 Å². The summed E-state index contributed by atoms with van der Waals surface area (Å²) in [6.45, 7) is 0. The SMILES string of the molecule is c1ccc(N(c2ccc(-c3ccc(-c4cccc5ccccc45)cc3)cc2)c2cccc3oc4ccccc4c23)c(-c2cccc3sc4ccccc4c23)c1. The largest absolute Gasteiger partial charge is 0.456 e. The predicted octanol–water partition coefficient (Wildman–Crippen LogP) is 15.6. The Morgan fingerprint density at radius 3 is 1.78 bits per heavy atom. The molecular weight excluding hydrogens is 687 g/mol. The molecule has 0 bridgehead atoms. The number of furan rings is 1. The highest BCUT2D eigenvalue weighted by molar-refractivity contribution is 7.25. The first-order valence-corrected chi connectivity index (χ1v) is 19.5. The Morgan fingerprint density at radius 2 is 0.909 bits per heavy atom. The van der Waals surface area contributed by atoms with Gasteiger partial charge in [0.05, 0.1) is 16.8 Å². The van der Waals surface area contributed by atoms with Crippen molar-refractivity contribution < 1.29 is 4.42 Å². The van der Waals surface area contributed by atoms with E-state index in [4.69, 9.17) is 4.42 Å². The second-order valence-electron chi connectivity index (χ2n) is 14.0. The maximum absolute atomic E-state index is 6.44. The van der Waals surface area contributed by atoms with E-state index in [1.165, 1.54) is 64.3 Å². The van der Waals surface area contributed by atoms with Gasteiger partial charge in [-0.2, -0.15) is 0 Å². The van der Waals surface area contributed by atoms with Crippen molar-refractivity contribution in [1.82, 2.24) is 0 Å². The molecule has 0 radical (unpaired) electrons. The molecule has 2 aromatic heterocycles. The summed E-state index contributed by atoms with van der Waals surface area (Å²) in [7, 11) is 0. The van der Waals surface area contributed by atoms with E-state index in [-0.39, 0.29) is 0 Å². The number of nitrogens with zero attached hydrogens (tertiary/aromatic N) is 1. The Bertz CT molecular complexity index is 3200. The number of hydrogen-bond acceptors (Lipinski definition) is 3. The number of benzene rings is 9. The van der Waals surface area contributed by atoms with Crippen LogP contribution in [0.1, 0.15) is 0 Å². The van der Waals surface area contributed by atoms with Crippen LogP contribution in [0.5, 0.6) is 0 Å². The maximum Gasteiger partial charge on any atom is 0.137 e. The van der Waals surface area contributed by atoms with Gasteiger partial charge in [0.15, 0.2) is 0 Å². The number of anilines is 3. The lowest BCUT2D eigenvalue weighted by molar-refractivity contribution is 0.669. The van der Waals surface area contributed by atoms with Gasteiger partial charge in [-0.05, 0) is 87.1 Å². The first-order valence-electron chi connectivity index (χ1n) is 18.7. The average molecular weight is 720 g/mol. The highest BCUT2D eigenvalue weighted by Gasteiger charge is 2.23. The Balaban J connectivity index is 1.07. The Labute approximate surface area is 322 Å². The van der Waals surface area contributed by atoms with Crippen LogP contribution in [-0.2, 0) is 0 Å². The Morgan fingerprint density at radius 1 is 0.345 bits per heavy atom. The number of fused-ring (bicyclic) bond motifs is 7. The third kappa shape index (κ3) is 5.24. The molecule has 2 heterocycles. The summed E-state index contributed by atoms with van der Waals surface area (Å²) in [6.07, 6.45) is 0. The molecule has 2 nitrogen and oxygen atoms in total. The van der Waals surface area contributed by atoms with Crippen LogP contribution >= 0.6 is 11.3 Å². The lowest BCUT2D eigenvalue weighted by atomic mass is 9.95. The molecule has 0 aliphatic carbocycles. The molecule has 11 rings (SSSR count). The van der Waals surface area contributed by atoms with Crippen LogP contribution in [0.4, 0.5) is 17.1 Å². The topological polar surface area (TPSA) is 16.4 Å². The molecule has 0 aliphatic heterocycles. The fourth-order valence-corrected chi connectivity index (χ4v) is 9.50. The van der Waals surface area contributed by atoms with Gasteiger partial charge in [-0.3, -0.25) is 0 Å². The van der Waals surface area contributed by atoms with Crippen molar-refractivity contribution in [2.75, 3.05) is 4.90 Å². The molecular formula is C52H33NOS. The van der Waals surface area contributed by atoms with E-state index in [2.05, 4.69) is 199 Å². The predicted molar refractivity (Wildman–Crippen MR) is 235 cm³/mol. The highest BCUT2D eigenvalue weighted by atomic mass is 32.1. The minimum Gasteiger partial charge on any atom is -0.456 e. The van der Waals surface area contributed by atoms with E-state index >= 15 is 0 Å². The van der Waals surface area contributed by atoms with Gasteiger partial charge in [-0.1, -0.05) is 152 Å². The smallest absolute Gasteiger partial charge is 0.137 e. The van der Waals surface area contributed by atoms with Gasteiger partial charge in [-0.25, -0.2) is 0 Å². The van der Waals surface area contributed by atoms with Crippen molar-refractivity contribution in [2.45, 2.75) is 0 Å². The first-order chi connectivity index (χ1) is 27.3. The molecule has 0 saturated heterocycles. The van der Waals surface area contributed by atoms with E-state index in [0.717, 1.165) is 39.0 Å². The van der Waals surface area contributed by atoms with E-state index in [0.29, 0.717) is 0 Å². The molecule has 11 aromatic rings. The summed E-state index contributed by atoms with van der Waals surface area (Å²) in [5, 5.41) is 7.31. The van der Waals surface area contributed by atoms with E-state index in [9.17, 15) is 0 Å². The average Bonchev–Trinajstić information content (AvgIpc) is 3.83. The van der Waals surface area contributed by atoms with Gasteiger partial charge in [0.25, 0.3) is 0 Å². The fourth-order valence-electron chi connectivity index (χ4n) is 8.37. The van der Waals surface area contributed by atoms with Gasteiger partial charge >= 0.3 is 0 Å². The Kier molecular flexibility index (Phi) is 7.39. The van der Waals surface area contributed by atoms with Crippen LogP contribution in [0.3, 0.4) is 0 Å². The quantitative estimate of drug-likeness (QED) is 0.170. The highest BCUT2D eigenvalue weighted by Crippen LogP contribution is 2.48. The summed E-state index contributed by atoms with van der Waals surface area (Å²) >= 11 is 1.86. The summed E-state index contributed by atoms with van der Waals surface area (Å²) in [5.74, 6) is 0. The first kappa shape index (κ1) is 31.6. The standard InChI is InChI=1S/C52H33NOS/c1-2-14-39-36(12-1)13-9-18-40(39)37-28-26-34(27-29-37)35-30-32-38(33-31-35)53(46-21-11-23-48-52(46)43-16-4-7-22-47(43)54-48)45-20-6-3-15-41(45)42-19-10-25-50-51(42)44-17-5-8-24-49(44)55-50/h1-33H. The van der Waals surface area contributed by atoms with Crippen LogP contribution in [0.15, 0.2) is 205 Å². The van der Waals surface area contributed by atoms with Crippen LogP contribution in [0.2, 0.25) is 0 Å². The third-order valence-electron chi connectivity index (χ3n) is 10.9. The number of para-hydroxylation sites is 2. The van der Waals surface area contributed by atoms with Crippen LogP contribution in [0, 0.1) is 0 Å². The van der Waals surface area contributed by atoms with Crippen molar-refractivity contribution in [3.63, 3.8) is 0 Å². The molecule has 0 atom stereocenters. The van der Waals surface area contributed by atoms with Crippen molar-refractivity contribution in [3.8, 4) is 33.4 Å². The number of thiophene rings is 1. The molecule has 0 fully saturated rings. The Hall–Kier alpha value is -6.94. The van der Waals surface area contributed by atoms with Crippen molar-refractivity contribution in [3.05, 3.63) is 200 Å². The zero-order valence-electron chi connectivity index (χ0n) is 29.8. The third-order valence-corrected chi connectivity index (χ3v) is 12.0. The number of rotatable bonds is 6. The number of hydrogen-bond donors (Lipinski definition) is 0. The lowest BCUT2D eigenvalue weighted by Crippen LogP contribution is -2.11. The van der Waals surface area contributed by atoms with E-state index in [1.807, 2.05) is 17.4 Å². The molecule has 0 spiro atoms. The van der Waals surface area contributed by atoms with Gasteiger partial charge in [0, 0.05) is 36.8 Å². The molecule has 0 aliphatic rings. The lowest BCUT2D eigenvalue weighted by Gasteiger charge is -2.29. The molecule has 0 amide bonds. The normalized spacial score (nSPS) is 11.6. The van der Waals surface area contributed by atoms with Crippen molar-refractivity contribution in [2.24, 2.45) is 0 Å². The molecule has 3 heteroatoms. The zero-order valence-corrected chi connectivity index (χ0v) is 30.6. The maximum atomic E-state index is 6.44. The summed E-state index contributed by atoms with van der Waals surface area (Å²) < 4.78 is 9.03. The van der Waals surface area contributed by atoms with Gasteiger partial charge in [0.1, 0.15) is 11.2 Å². The molecule has 0 unspecified atom stereocenters. The van der Waals surface area contributed by atoms with Gasteiger partial charge in [0.2, 0.25) is 0 Å². The molecule has 0 N–H and O–H groups in total. The minimum absolute atomic E-state index is 0.870. The molecule has 258 valence electrons. The molecule has 55 heavy (non-hydrogen) atoms. The van der Waals surface area contributed by atoms with E-state index in [1.54, 1.807) is 0 Å². The van der Waals surface area contributed by atoms with Gasteiger partial charge in [-0.15, -0.1) is 11.3 Å².